The molecule has 0 saturated carbocycles. The minimum absolute atomic E-state index is 0.203. The van der Waals surface area contributed by atoms with Gasteiger partial charge in [-0.25, -0.2) is 24.1 Å². The van der Waals surface area contributed by atoms with E-state index in [4.69, 9.17) is 13.5 Å². The van der Waals surface area contributed by atoms with E-state index < -0.39 is 12.7 Å². The van der Waals surface area contributed by atoms with Crippen LogP contribution in [-0.4, -0.2) is 32.8 Å². The zero-order valence-electron chi connectivity index (χ0n) is 33.1. The predicted molar refractivity (Wildman–Crippen MR) is 217 cm³/mol. The molecular weight excluding hydrogens is 687 g/mol. The summed E-state index contributed by atoms with van der Waals surface area (Å²) in [7, 11) is 0. The first-order valence-corrected chi connectivity index (χ1v) is 17.9. The predicted octanol–water partition coefficient (Wildman–Crippen LogP) is 8.87. The van der Waals surface area contributed by atoms with Gasteiger partial charge in [0.2, 0.25) is 0 Å². The number of benzene rings is 5. The molecule has 0 spiro atoms. The summed E-state index contributed by atoms with van der Waals surface area (Å²) in [6.45, 7) is 3.80. The summed E-state index contributed by atoms with van der Waals surface area (Å²) < 4.78 is 38.9. The van der Waals surface area contributed by atoms with Crippen molar-refractivity contribution in [2.75, 3.05) is 0 Å². The van der Waals surface area contributed by atoms with Crippen molar-refractivity contribution in [3.8, 4) is 34.3 Å². The third-order valence-electron chi connectivity index (χ3n) is 10.3. The molecule has 10 nitrogen and oxygen atoms in total. The summed E-state index contributed by atoms with van der Waals surface area (Å²) in [5.41, 5.74) is 5.25. The molecule has 268 valence electrons. The fourth-order valence-electron chi connectivity index (χ4n) is 7.62. The van der Waals surface area contributed by atoms with Gasteiger partial charge in [0.1, 0.15) is 17.2 Å². The van der Waals surface area contributed by atoms with Gasteiger partial charge in [0, 0.05) is 46.0 Å². The molecule has 10 heteroatoms. The van der Waals surface area contributed by atoms with E-state index >= 15 is 4.79 Å². The van der Waals surface area contributed by atoms with Gasteiger partial charge in [0.25, 0.3) is 0 Å². The van der Waals surface area contributed by atoms with Crippen LogP contribution in [0.25, 0.3) is 78.3 Å². The van der Waals surface area contributed by atoms with Crippen molar-refractivity contribution in [2.24, 2.45) is 6.98 Å². The topological polar surface area (TPSA) is 97.7 Å². The fraction of sp³-hybridized carbons (Fsp3) is 0.111. The number of aromatic nitrogens is 7. The van der Waals surface area contributed by atoms with Gasteiger partial charge in [-0.15, -0.1) is 0 Å². The average Bonchev–Trinajstić information content (AvgIpc) is 3.98. The molecule has 5 heterocycles. The average molecular weight is 725 g/mol. The zero-order valence-corrected chi connectivity index (χ0v) is 30.1. The molecule has 5 aromatic carbocycles. The number of aryl methyl sites for hydroxylation is 1. The van der Waals surface area contributed by atoms with Gasteiger partial charge in [0.15, 0.2) is 5.58 Å². The van der Waals surface area contributed by atoms with Crippen molar-refractivity contribution in [1.29, 1.82) is 0 Å². The number of hydrogen-bond donors (Lipinski definition) is 0. The van der Waals surface area contributed by atoms with E-state index in [-0.39, 0.29) is 16.9 Å². The molecule has 0 radical (unpaired) electrons. The fourth-order valence-corrected chi connectivity index (χ4v) is 7.62. The molecule has 0 fully saturated rings. The lowest BCUT2D eigenvalue weighted by Crippen LogP contribution is -2.23. The second-order valence-corrected chi connectivity index (χ2v) is 14.7. The van der Waals surface area contributed by atoms with Crippen LogP contribution >= 0.6 is 0 Å². The summed E-state index contributed by atoms with van der Waals surface area (Å²) in [5, 5.41) is 1.46. The summed E-state index contributed by atoms with van der Waals surface area (Å²) in [6, 6.07) is 37.4. The van der Waals surface area contributed by atoms with Crippen LogP contribution in [0.4, 0.5) is 0 Å². The number of hydrogen-bond acceptors (Lipinski definition) is 5. The first-order chi connectivity index (χ1) is 27.9. The van der Waals surface area contributed by atoms with Crippen molar-refractivity contribution in [3.63, 3.8) is 0 Å². The highest BCUT2D eigenvalue weighted by Gasteiger charge is 2.26. The third-order valence-corrected chi connectivity index (χ3v) is 10.3. The Kier molecular flexibility index (Phi) is 6.34. The maximum atomic E-state index is 15.3. The van der Waals surface area contributed by atoms with E-state index in [1.165, 1.54) is 12.4 Å². The van der Waals surface area contributed by atoms with Crippen molar-refractivity contribution in [3.05, 3.63) is 166 Å². The Bertz CT molecular complexity index is 3360. The first kappa shape index (κ1) is 29.3. The van der Waals surface area contributed by atoms with Gasteiger partial charge in [-0.2, -0.15) is 0 Å². The van der Waals surface area contributed by atoms with E-state index in [0.29, 0.717) is 67.1 Å². The van der Waals surface area contributed by atoms with Gasteiger partial charge < -0.3 is 8.98 Å². The standard InChI is InChI=1S/C45H35N7O3/c1-45(2,3)29-19-20-46-40(25-29)52-37-27-36-34(26-35(37)50(44(52)54)31-15-9-6-10-16-31)49(30-13-7-5-8-14-30)43(53)51(36)38-24-28(42-47-21-22-48(42)4)23-33-32-17-11-12-18-39(32)55-41(33)38/h5-27H,1-4H3/i4D3. The Morgan fingerprint density at radius 3 is 1.91 bits per heavy atom. The second-order valence-electron chi connectivity index (χ2n) is 14.7. The Hall–Kier alpha value is -7.20. The molecule has 5 aromatic heterocycles. The highest BCUT2D eigenvalue weighted by atomic mass is 16.3. The molecule has 0 aliphatic carbocycles. The molecule has 0 aliphatic heterocycles. The minimum Gasteiger partial charge on any atom is -0.454 e. The molecule has 55 heavy (non-hydrogen) atoms. The van der Waals surface area contributed by atoms with Crippen LogP contribution in [0.5, 0.6) is 0 Å². The minimum atomic E-state index is -2.51. The maximum Gasteiger partial charge on any atom is 0.339 e. The van der Waals surface area contributed by atoms with Crippen LogP contribution in [0.1, 0.15) is 30.4 Å². The number of nitrogens with zero attached hydrogens (tertiary/aromatic N) is 7. The molecular formula is C45H35N7O3. The van der Waals surface area contributed by atoms with E-state index in [1.54, 1.807) is 30.5 Å². The van der Waals surface area contributed by atoms with Crippen molar-refractivity contribution in [1.82, 2.24) is 32.8 Å². The SMILES string of the molecule is [2H]C([2H])([2H])n1ccnc1-c1cc(-n2c(=O)n(-c3ccccc3)c3cc4c(cc32)n(-c2cc(C(C)(C)C)ccn2)c(=O)n4-c2ccccc2)c2oc3ccccc3c2c1. The molecule has 0 N–H and O–H groups in total. The number of pyridine rings is 1. The lowest BCUT2D eigenvalue weighted by atomic mass is 9.88. The smallest absolute Gasteiger partial charge is 0.339 e. The number of imidazole rings is 3. The van der Waals surface area contributed by atoms with Crippen molar-refractivity contribution >= 4 is 44.0 Å². The third kappa shape index (κ3) is 4.95. The lowest BCUT2D eigenvalue weighted by molar-refractivity contribution is 0.588. The zero-order chi connectivity index (χ0) is 40.1. The highest BCUT2D eigenvalue weighted by molar-refractivity contribution is 6.09. The summed E-state index contributed by atoms with van der Waals surface area (Å²) >= 11 is 0. The van der Waals surface area contributed by atoms with Crippen LogP contribution in [-0.2, 0) is 12.4 Å². The Morgan fingerprint density at radius 2 is 1.24 bits per heavy atom. The molecule has 0 saturated heterocycles. The number of para-hydroxylation sites is 3. The summed E-state index contributed by atoms with van der Waals surface area (Å²) in [5.74, 6) is 0.639. The summed E-state index contributed by atoms with van der Waals surface area (Å²) in [4.78, 5) is 39.3. The van der Waals surface area contributed by atoms with Crippen LogP contribution in [0, 0.1) is 0 Å². The van der Waals surface area contributed by atoms with E-state index in [0.717, 1.165) is 15.5 Å². The van der Waals surface area contributed by atoms with E-state index in [9.17, 15) is 4.79 Å². The molecule has 0 aliphatic rings. The quantitative estimate of drug-likeness (QED) is 0.177. The van der Waals surface area contributed by atoms with E-state index in [1.807, 2.05) is 115 Å². The van der Waals surface area contributed by atoms with Crippen molar-refractivity contribution in [2.45, 2.75) is 26.2 Å². The van der Waals surface area contributed by atoms with Gasteiger partial charge in [-0.3, -0.25) is 13.7 Å². The van der Waals surface area contributed by atoms with Gasteiger partial charge in [-0.1, -0.05) is 75.4 Å². The molecule has 0 atom stereocenters. The Morgan fingerprint density at radius 1 is 0.618 bits per heavy atom. The number of rotatable bonds is 5. The van der Waals surface area contributed by atoms with Crippen LogP contribution < -0.4 is 11.4 Å². The van der Waals surface area contributed by atoms with Gasteiger partial charge in [0.05, 0.1) is 39.1 Å². The first-order valence-electron chi connectivity index (χ1n) is 19.4. The molecule has 0 bridgehead atoms. The maximum absolute atomic E-state index is 15.3. The van der Waals surface area contributed by atoms with E-state index in [2.05, 4.69) is 25.8 Å². The lowest BCUT2D eigenvalue weighted by Gasteiger charge is -2.19. The van der Waals surface area contributed by atoms with Crippen LogP contribution in [0.2, 0.25) is 0 Å². The largest absolute Gasteiger partial charge is 0.454 e. The number of fused-ring (bicyclic) bond motifs is 5. The Labute approximate surface area is 318 Å². The summed E-state index contributed by atoms with van der Waals surface area (Å²) in [6.07, 6.45) is 4.58. The van der Waals surface area contributed by atoms with Gasteiger partial charge in [-0.05, 0) is 77.7 Å². The number of furan rings is 1. The molecule has 10 rings (SSSR count). The van der Waals surface area contributed by atoms with Crippen LogP contribution in [0.15, 0.2) is 154 Å². The second kappa shape index (κ2) is 11.9. The molecule has 0 amide bonds. The van der Waals surface area contributed by atoms with Gasteiger partial charge >= 0.3 is 11.4 Å². The Balaban J connectivity index is 1.38. The molecule has 0 unspecified atom stereocenters. The normalized spacial score (nSPS) is 13.2. The van der Waals surface area contributed by atoms with Crippen molar-refractivity contribution < 1.29 is 8.53 Å². The van der Waals surface area contributed by atoms with Crippen LogP contribution in [0.3, 0.4) is 0 Å². The molecule has 10 aromatic rings. The highest BCUT2D eigenvalue weighted by Crippen LogP contribution is 2.38. The monoisotopic (exact) mass is 724 g/mol.